The van der Waals surface area contributed by atoms with Crippen molar-refractivity contribution in [3.8, 4) is 0 Å². The smallest absolute Gasteiger partial charge is 0.162 e. The SMILES string of the molecule is CNC(CSc1ccccc1)Cc1cccc(F)c1F. The third kappa shape index (κ3) is 4.05. The van der Waals surface area contributed by atoms with E-state index in [4.69, 9.17) is 0 Å². The van der Waals surface area contributed by atoms with E-state index < -0.39 is 11.6 Å². The first-order valence-electron chi connectivity index (χ1n) is 6.48. The van der Waals surface area contributed by atoms with Crippen LogP contribution >= 0.6 is 11.8 Å². The predicted molar refractivity (Wildman–Crippen MR) is 80.1 cm³/mol. The molecule has 0 fully saturated rings. The summed E-state index contributed by atoms with van der Waals surface area (Å²) >= 11 is 1.70. The molecule has 0 spiro atoms. The topological polar surface area (TPSA) is 12.0 Å². The first-order valence-corrected chi connectivity index (χ1v) is 7.47. The van der Waals surface area contributed by atoms with Crippen LogP contribution in [-0.4, -0.2) is 18.8 Å². The fourth-order valence-corrected chi connectivity index (χ4v) is 2.96. The summed E-state index contributed by atoms with van der Waals surface area (Å²) in [5.41, 5.74) is 0.415. The number of nitrogens with one attached hydrogen (secondary N) is 1. The van der Waals surface area contributed by atoms with E-state index in [1.54, 1.807) is 23.9 Å². The number of hydrogen-bond acceptors (Lipinski definition) is 2. The molecule has 1 atom stereocenters. The Morgan fingerprint density at radius 2 is 1.80 bits per heavy atom. The van der Waals surface area contributed by atoms with Gasteiger partial charge in [0, 0.05) is 16.7 Å². The third-order valence-corrected chi connectivity index (χ3v) is 4.28. The Morgan fingerprint density at radius 1 is 1.05 bits per heavy atom. The van der Waals surface area contributed by atoms with E-state index in [0.29, 0.717) is 12.0 Å². The Morgan fingerprint density at radius 3 is 2.50 bits per heavy atom. The van der Waals surface area contributed by atoms with Gasteiger partial charge in [0.2, 0.25) is 0 Å². The van der Waals surface area contributed by atoms with Crippen molar-refractivity contribution in [1.29, 1.82) is 0 Å². The van der Waals surface area contributed by atoms with Crippen molar-refractivity contribution in [2.75, 3.05) is 12.8 Å². The van der Waals surface area contributed by atoms with E-state index in [0.717, 1.165) is 11.8 Å². The molecule has 0 radical (unpaired) electrons. The van der Waals surface area contributed by atoms with Crippen LogP contribution in [0.25, 0.3) is 0 Å². The van der Waals surface area contributed by atoms with Gasteiger partial charge in [-0.15, -0.1) is 11.8 Å². The second kappa shape index (κ2) is 7.41. The van der Waals surface area contributed by atoms with Crippen molar-refractivity contribution in [1.82, 2.24) is 5.32 Å². The largest absolute Gasteiger partial charge is 0.316 e. The van der Waals surface area contributed by atoms with Crippen LogP contribution in [0.2, 0.25) is 0 Å². The van der Waals surface area contributed by atoms with Gasteiger partial charge in [-0.3, -0.25) is 0 Å². The summed E-state index contributed by atoms with van der Waals surface area (Å²) < 4.78 is 26.8. The molecule has 2 rings (SSSR count). The maximum atomic E-state index is 13.7. The maximum Gasteiger partial charge on any atom is 0.162 e. The Bertz CT molecular complexity index is 545. The van der Waals surface area contributed by atoms with Crippen molar-refractivity contribution in [3.63, 3.8) is 0 Å². The van der Waals surface area contributed by atoms with Crippen LogP contribution in [0.5, 0.6) is 0 Å². The monoisotopic (exact) mass is 293 g/mol. The van der Waals surface area contributed by atoms with E-state index in [1.807, 2.05) is 37.4 Å². The minimum absolute atomic E-state index is 0.0940. The molecule has 1 N–H and O–H groups in total. The van der Waals surface area contributed by atoms with Crippen molar-refractivity contribution in [2.24, 2.45) is 0 Å². The molecule has 0 aliphatic heterocycles. The van der Waals surface area contributed by atoms with Gasteiger partial charge in [-0.25, -0.2) is 8.78 Å². The van der Waals surface area contributed by atoms with Crippen LogP contribution in [0.15, 0.2) is 53.4 Å². The van der Waals surface area contributed by atoms with Gasteiger partial charge in [-0.1, -0.05) is 30.3 Å². The van der Waals surface area contributed by atoms with Gasteiger partial charge >= 0.3 is 0 Å². The van der Waals surface area contributed by atoms with Crippen molar-refractivity contribution in [2.45, 2.75) is 17.4 Å². The van der Waals surface area contributed by atoms with Gasteiger partial charge < -0.3 is 5.32 Å². The van der Waals surface area contributed by atoms with Crippen molar-refractivity contribution >= 4 is 11.8 Å². The highest BCUT2D eigenvalue weighted by molar-refractivity contribution is 7.99. The lowest BCUT2D eigenvalue weighted by molar-refractivity contribution is 0.490. The summed E-state index contributed by atoms with van der Waals surface area (Å²) in [6, 6.07) is 14.5. The first-order chi connectivity index (χ1) is 9.70. The van der Waals surface area contributed by atoms with Crippen LogP contribution in [0, 0.1) is 11.6 Å². The van der Waals surface area contributed by atoms with Crippen LogP contribution in [0.4, 0.5) is 8.78 Å². The lowest BCUT2D eigenvalue weighted by Gasteiger charge is -2.16. The van der Waals surface area contributed by atoms with Gasteiger partial charge in [0.1, 0.15) is 0 Å². The first kappa shape index (κ1) is 15.0. The average Bonchev–Trinajstić information content (AvgIpc) is 2.49. The third-order valence-electron chi connectivity index (χ3n) is 3.10. The second-order valence-corrected chi connectivity index (χ2v) is 5.62. The minimum atomic E-state index is -0.784. The average molecular weight is 293 g/mol. The molecule has 0 saturated heterocycles. The quantitative estimate of drug-likeness (QED) is 0.811. The molecular formula is C16H17F2NS. The second-order valence-electron chi connectivity index (χ2n) is 4.53. The molecule has 0 saturated carbocycles. The zero-order valence-electron chi connectivity index (χ0n) is 11.3. The highest BCUT2D eigenvalue weighted by Gasteiger charge is 2.13. The summed E-state index contributed by atoms with van der Waals surface area (Å²) in [7, 11) is 1.84. The number of halogens is 2. The van der Waals surface area contributed by atoms with Crippen LogP contribution < -0.4 is 5.32 Å². The van der Waals surface area contributed by atoms with Crippen molar-refractivity contribution in [3.05, 3.63) is 65.7 Å². The van der Waals surface area contributed by atoms with Gasteiger partial charge in [0.05, 0.1) is 0 Å². The van der Waals surface area contributed by atoms with E-state index in [-0.39, 0.29) is 6.04 Å². The number of benzene rings is 2. The van der Waals surface area contributed by atoms with Gasteiger partial charge in [0.25, 0.3) is 0 Å². The molecular weight excluding hydrogens is 276 g/mol. The zero-order valence-corrected chi connectivity index (χ0v) is 12.1. The summed E-state index contributed by atoms with van der Waals surface area (Å²) in [5.74, 6) is -0.721. The number of likely N-dealkylation sites (N-methyl/N-ethyl adjacent to an activating group) is 1. The normalized spacial score (nSPS) is 12.3. The molecule has 0 aromatic heterocycles. The molecule has 0 aliphatic rings. The van der Waals surface area contributed by atoms with E-state index in [2.05, 4.69) is 5.32 Å². The Labute approximate surface area is 122 Å². The highest BCUT2D eigenvalue weighted by atomic mass is 32.2. The van der Waals surface area contributed by atoms with Crippen LogP contribution in [-0.2, 0) is 6.42 Å². The summed E-state index contributed by atoms with van der Waals surface area (Å²) in [5, 5.41) is 3.16. The van der Waals surface area contributed by atoms with Gasteiger partial charge in [-0.05, 0) is 37.2 Å². The molecule has 20 heavy (non-hydrogen) atoms. The van der Waals surface area contributed by atoms with Crippen LogP contribution in [0.3, 0.4) is 0 Å². The fourth-order valence-electron chi connectivity index (χ4n) is 1.93. The minimum Gasteiger partial charge on any atom is -0.316 e. The predicted octanol–water partition coefficient (Wildman–Crippen LogP) is 3.89. The molecule has 0 amide bonds. The van der Waals surface area contributed by atoms with Crippen LogP contribution in [0.1, 0.15) is 5.56 Å². The molecule has 0 bridgehead atoms. The molecule has 0 heterocycles. The summed E-state index contributed by atoms with van der Waals surface area (Å²) in [6.07, 6.45) is 0.472. The number of thioether (sulfide) groups is 1. The number of hydrogen-bond donors (Lipinski definition) is 1. The van der Waals surface area contributed by atoms with Crippen molar-refractivity contribution < 1.29 is 8.78 Å². The van der Waals surface area contributed by atoms with Gasteiger partial charge in [0.15, 0.2) is 11.6 Å². The molecule has 4 heteroatoms. The standard InChI is InChI=1S/C16H17F2NS/c1-19-13(11-20-14-7-3-2-4-8-14)10-12-6-5-9-15(17)16(12)18/h2-9,13,19H,10-11H2,1H3. The highest BCUT2D eigenvalue weighted by Crippen LogP contribution is 2.20. The lowest BCUT2D eigenvalue weighted by atomic mass is 10.1. The molecule has 106 valence electrons. The Kier molecular flexibility index (Phi) is 5.56. The van der Waals surface area contributed by atoms with E-state index in [9.17, 15) is 8.78 Å². The fraction of sp³-hybridized carbons (Fsp3) is 0.250. The lowest BCUT2D eigenvalue weighted by Crippen LogP contribution is -2.30. The molecule has 0 aliphatic carbocycles. The Hall–Kier alpha value is -1.39. The van der Waals surface area contributed by atoms with E-state index in [1.165, 1.54) is 4.90 Å². The van der Waals surface area contributed by atoms with E-state index >= 15 is 0 Å². The number of rotatable bonds is 6. The molecule has 1 nitrogen and oxygen atoms in total. The maximum absolute atomic E-state index is 13.7. The Balaban J connectivity index is 1.97. The molecule has 1 unspecified atom stereocenters. The zero-order chi connectivity index (χ0) is 14.4. The van der Waals surface area contributed by atoms with Gasteiger partial charge in [-0.2, -0.15) is 0 Å². The summed E-state index contributed by atoms with van der Waals surface area (Å²) in [4.78, 5) is 1.17. The molecule has 2 aromatic rings. The molecule has 2 aromatic carbocycles. The summed E-state index contributed by atoms with van der Waals surface area (Å²) in [6.45, 7) is 0.